The quantitative estimate of drug-likeness (QED) is 0.438. The van der Waals surface area contributed by atoms with E-state index < -0.39 is 10.0 Å². The third kappa shape index (κ3) is 5.11. The summed E-state index contributed by atoms with van der Waals surface area (Å²) >= 11 is 0. The molecule has 2 fully saturated rings. The first-order chi connectivity index (χ1) is 16.3. The Hall–Kier alpha value is -2.49. The van der Waals surface area contributed by atoms with Crippen molar-refractivity contribution in [1.29, 1.82) is 0 Å². The fraction of sp³-hybridized carbons (Fsp3) is 0.520. The molecule has 1 aromatic heterocycles. The Balaban J connectivity index is 1.52. The maximum atomic E-state index is 13.1. The number of benzene rings is 1. The molecule has 0 unspecified atom stereocenters. The van der Waals surface area contributed by atoms with Crippen LogP contribution in [0.1, 0.15) is 53.8 Å². The number of rotatable bonds is 7. The van der Waals surface area contributed by atoms with Gasteiger partial charge in [-0.05, 0) is 51.0 Å². The van der Waals surface area contributed by atoms with E-state index in [0.717, 1.165) is 37.8 Å². The number of sulfonamides is 1. The van der Waals surface area contributed by atoms with Crippen molar-refractivity contribution in [3.8, 4) is 5.69 Å². The summed E-state index contributed by atoms with van der Waals surface area (Å²) in [5.74, 6) is -0.659. The number of aromatic nitrogens is 1. The maximum Gasteiger partial charge on any atom is 0.309 e. The summed E-state index contributed by atoms with van der Waals surface area (Å²) in [6, 6.07) is 8.49. The van der Waals surface area contributed by atoms with E-state index in [-0.39, 0.29) is 29.2 Å². The molecular formula is C25H32N2O6S. The minimum Gasteiger partial charge on any atom is -0.457 e. The van der Waals surface area contributed by atoms with Crippen LogP contribution in [0.2, 0.25) is 0 Å². The van der Waals surface area contributed by atoms with Crippen molar-refractivity contribution >= 4 is 21.8 Å². The average molecular weight is 489 g/mol. The zero-order valence-electron chi connectivity index (χ0n) is 19.8. The molecule has 0 atom stereocenters. The molecule has 2 heterocycles. The zero-order valence-corrected chi connectivity index (χ0v) is 20.6. The van der Waals surface area contributed by atoms with Gasteiger partial charge in [0.25, 0.3) is 0 Å². The van der Waals surface area contributed by atoms with Gasteiger partial charge in [-0.15, -0.1) is 0 Å². The van der Waals surface area contributed by atoms with Crippen LogP contribution in [0, 0.1) is 19.8 Å². The third-order valence-corrected chi connectivity index (χ3v) is 8.59. The normalized spacial score (nSPS) is 18.1. The van der Waals surface area contributed by atoms with Gasteiger partial charge < -0.3 is 14.0 Å². The molecule has 0 amide bonds. The van der Waals surface area contributed by atoms with Gasteiger partial charge in [-0.2, -0.15) is 4.31 Å². The largest absolute Gasteiger partial charge is 0.457 e. The highest BCUT2D eigenvalue weighted by Crippen LogP contribution is 2.27. The smallest absolute Gasteiger partial charge is 0.309 e. The molecule has 1 aliphatic heterocycles. The molecule has 1 saturated carbocycles. The molecule has 184 valence electrons. The van der Waals surface area contributed by atoms with Gasteiger partial charge in [-0.25, -0.2) is 8.42 Å². The Labute approximate surface area is 200 Å². The van der Waals surface area contributed by atoms with E-state index in [9.17, 15) is 18.0 Å². The van der Waals surface area contributed by atoms with Crippen molar-refractivity contribution in [3.63, 3.8) is 0 Å². The van der Waals surface area contributed by atoms with Crippen LogP contribution in [0.3, 0.4) is 0 Å². The first-order valence-corrected chi connectivity index (χ1v) is 13.3. The maximum absolute atomic E-state index is 13.1. The van der Waals surface area contributed by atoms with Gasteiger partial charge in [0.15, 0.2) is 6.61 Å². The summed E-state index contributed by atoms with van der Waals surface area (Å²) in [5.41, 5.74) is 2.59. The fourth-order valence-corrected chi connectivity index (χ4v) is 6.28. The molecule has 0 N–H and O–H groups in total. The number of carbonyl (C=O) groups is 2. The van der Waals surface area contributed by atoms with E-state index in [0.29, 0.717) is 43.2 Å². The fourth-order valence-electron chi connectivity index (χ4n) is 4.83. The third-order valence-electron chi connectivity index (χ3n) is 6.70. The van der Waals surface area contributed by atoms with Crippen LogP contribution in [-0.4, -0.2) is 62.0 Å². The Bertz CT molecular complexity index is 1160. The average Bonchev–Trinajstić information content (AvgIpc) is 3.17. The number of carbonyl (C=O) groups excluding carboxylic acids is 2. The second-order valence-electron chi connectivity index (χ2n) is 9.00. The van der Waals surface area contributed by atoms with Crippen molar-refractivity contribution < 1.29 is 27.5 Å². The highest BCUT2D eigenvalue weighted by atomic mass is 32.2. The van der Waals surface area contributed by atoms with Crippen LogP contribution in [0.4, 0.5) is 0 Å². The van der Waals surface area contributed by atoms with Crippen molar-refractivity contribution in [2.45, 2.75) is 50.8 Å². The highest BCUT2D eigenvalue weighted by Gasteiger charge is 2.27. The predicted molar refractivity (Wildman–Crippen MR) is 127 cm³/mol. The zero-order chi connectivity index (χ0) is 24.3. The molecule has 0 spiro atoms. The van der Waals surface area contributed by atoms with E-state index in [4.69, 9.17) is 9.47 Å². The van der Waals surface area contributed by atoms with Crippen molar-refractivity contribution in [2.24, 2.45) is 5.92 Å². The monoisotopic (exact) mass is 488 g/mol. The summed E-state index contributed by atoms with van der Waals surface area (Å²) in [6.45, 7) is 4.80. The number of ketones is 1. The Kier molecular flexibility index (Phi) is 7.54. The molecule has 1 saturated heterocycles. The van der Waals surface area contributed by atoms with Crippen molar-refractivity contribution in [1.82, 2.24) is 8.87 Å². The Morgan fingerprint density at radius 3 is 2.47 bits per heavy atom. The lowest BCUT2D eigenvalue weighted by molar-refractivity contribution is -0.148. The lowest BCUT2D eigenvalue weighted by atomic mass is 9.89. The van der Waals surface area contributed by atoms with Crippen LogP contribution in [0.5, 0.6) is 0 Å². The van der Waals surface area contributed by atoms with Crippen molar-refractivity contribution in [3.05, 3.63) is 47.3 Å². The summed E-state index contributed by atoms with van der Waals surface area (Å²) in [6.07, 6.45) is 4.84. The summed E-state index contributed by atoms with van der Waals surface area (Å²) in [7, 11) is -3.64. The molecule has 1 aromatic carbocycles. The molecule has 4 rings (SSSR count). The van der Waals surface area contributed by atoms with E-state index in [1.165, 1.54) is 4.31 Å². The van der Waals surface area contributed by atoms with Crippen LogP contribution < -0.4 is 0 Å². The minimum absolute atomic E-state index is 0.106. The molecule has 0 bridgehead atoms. The molecule has 2 aliphatic rings. The van der Waals surface area contributed by atoms with Gasteiger partial charge in [0.1, 0.15) is 0 Å². The van der Waals surface area contributed by atoms with Crippen LogP contribution in [-0.2, 0) is 24.3 Å². The van der Waals surface area contributed by atoms with Gasteiger partial charge in [-0.3, -0.25) is 9.59 Å². The molecule has 9 heteroatoms. The summed E-state index contributed by atoms with van der Waals surface area (Å²) in [4.78, 5) is 25.4. The van der Waals surface area contributed by atoms with Crippen LogP contribution in [0.15, 0.2) is 35.2 Å². The van der Waals surface area contributed by atoms with E-state index in [1.54, 1.807) is 24.3 Å². The molecule has 8 nitrogen and oxygen atoms in total. The number of hydrogen-bond donors (Lipinski definition) is 0. The number of nitrogens with zero attached hydrogens (tertiary/aromatic N) is 2. The van der Waals surface area contributed by atoms with Gasteiger partial charge in [0.05, 0.1) is 24.0 Å². The number of morpholine rings is 1. The number of aryl methyl sites for hydroxylation is 1. The molecule has 0 radical (unpaired) electrons. The topological polar surface area (TPSA) is 94.9 Å². The van der Waals surface area contributed by atoms with Crippen LogP contribution >= 0.6 is 0 Å². The van der Waals surface area contributed by atoms with Gasteiger partial charge in [0.2, 0.25) is 15.8 Å². The van der Waals surface area contributed by atoms with Gasteiger partial charge in [0, 0.05) is 35.7 Å². The number of ether oxygens (including phenoxy) is 2. The van der Waals surface area contributed by atoms with E-state index in [1.807, 2.05) is 24.5 Å². The minimum atomic E-state index is -3.64. The lowest BCUT2D eigenvalue weighted by Crippen LogP contribution is -2.40. The lowest BCUT2D eigenvalue weighted by Gasteiger charge is -2.26. The Morgan fingerprint density at radius 2 is 1.76 bits per heavy atom. The SMILES string of the molecule is Cc1cc(C(=O)COC(=O)C2CCCCC2)c(C)n1-c1cccc(S(=O)(=O)N2CCOCC2)c1. The highest BCUT2D eigenvalue weighted by molar-refractivity contribution is 7.89. The molecule has 34 heavy (non-hydrogen) atoms. The molecular weight excluding hydrogens is 456 g/mol. The second-order valence-corrected chi connectivity index (χ2v) is 10.9. The first kappa shape index (κ1) is 24.6. The van der Waals surface area contributed by atoms with Gasteiger partial charge >= 0.3 is 5.97 Å². The predicted octanol–water partition coefficient (Wildman–Crippen LogP) is 3.42. The van der Waals surface area contributed by atoms with Crippen molar-refractivity contribution in [2.75, 3.05) is 32.9 Å². The van der Waals surface area contributed by atoms with E-state index >= 15 is 0 Å². The van der Waals surface area contributed by atoms with Crippen LogP contribution in [0.25, 0.3) is 5.69 Å². The first-order valence-electron chi connectivity index (χ1n) is 11.9. The number of hydrogen-bond acceptors (Lipinski definition) is 6. The molecule has 2 aromatic rings. The second kappa shape index (κ2) is 10.4. The van der Waals surface area contributed by atoms with E-state index in [2.05, 4.69) is 0 Å². The number of Topliss-reactive ketones (excluding diaryl/α,β-unsaturated/α-hetero) is 1. The summed E-state index contributed by atoms with van der Waals surface area (Å²) in [5, 5.41) is 0. The molecule has 1 aliphatic carbocycles. The standard InChI is InChI=1S/C25H32N2O6S/c1-18-15-23(24(28)17-33-25(29)20-7-4-3-5-8-20)19(2)27(18)21-9-6-10-22(16-21)34(30,31)26-11-13-32-14-12-26/h6,9-10,15-16,20H,3-5,7-8,11-14,17H2,1-2H3. The summed E-state index contributed by atoms with van der Waals surface area (Å²) < 4.78 is 40.1. The Morgan fingerprint density at radius 1 is 1.06 bits per heavy atom. The number of esters is 1. The van der Waals surface area contributed by atoms with Gasteiger partial charge in [-0.1, -0.05) is 25.3 Å².